The second kappa shape index (κ2) is 8.33. The molecule has 3 heterocycles. The molecule has 174 valence electrons. The number of aromatic nitrogens is 3. The van der Waals surface area contributed by atoms with Gasteiger partial charge in [-0.15, -0.1) is 0 Å². The predicted octanol–water partition coefficient (Wildman–Crippen LogP) is 4.90. The molecule has 1 N–H and O–H groups in total. The summed E-state index contributed by atoms with van der Waals surface area (Å²) in [6, 6.07) is 7.72. The van der Waals surface area contributed by atoms with Gasteiger partial charge < -0.3 is 14.4 Å². The molecule has 0 bridgehead atoms. The number of H-pyrrole nitrogens is 1. The summed E-state index contributed by atoms with van der Waals surface area (Å²) in [6.45, 7) is 2.42. The summed E-state index contributed by atoms with van der Waals surface area (Å²) in [7, 11) is 0. The number of nitrogens with one attached hydrogen (secondary N) is 1. The molecule has 0 atom stereocenters. The minimum Gasteiger partial charge on any atom is -0.356 e. The number of fused-ring (bicyclic) bond motifs is 2. The monoisotopic (exact) mass is 462 g/mol. The number of aryl methyl sites for hydroxylation is 1. The third-order valence-electron chi connectivity index (χ3n) is 6.36. The van der Waals surface area contributed by atoms with Crippen molar-refractivity contribution in [3.8, 4) is 0 Å². The van der Waals surface area contributed by atoms with E-state index in [1.165, 1.54) is 18.2 Å². The van der Waals surface area contributed by atoms with Gasteiger partial charge >= 0.3 is 11.9 Å². The number of hydrogen-bond acceptors (Lipinski definition) is 4. The molecular weight excluding hydrogens is 440 g/mol. The number of aromatic amines is 1. The predicted molar refractivity (Wildman–Crippen MR) is 115 cm³/mol. The van der Waals surface area contributed by atoms with Gasteiger partial charge in [0.2, 0.25) is 0 Å². The molecule has 2 aromatic carbocycles. The average Bonchev–Trinajstić information content (AvgIpc) is 3.32. The smallest absolute Gasteiger partial charge is 0.356 e. The molecule has 0 radical (unpaired) electrons. The van der Waals surface area contributed by atoms with Crippen molar-refractivity contribution in [1.82, 2.24) is 19.6 Å². The summed E-state index contributed by atoms with van der Waals surface area (Å²) in [6.07, 6.45) is -1.41. The number of rotatable bonds is 5. The fourth-order valence-corrected chi connectivity index (χ4v) is 4.69. The summed E-state index contributed by atoms with van der Waals surface area (Å²) in [5.41, 5.74) is 0.805. The zero-order valence-corrected chi connectivity index (χ0v) is 17.7. The Balaban J connectivity index is 1.20. The number of imidazole rings is 1. The van der Waals surface area contributed by atoms with Crippen LogP contribution in [0.5, 0.6) is 0 Å². The highest BCUT2D eigenvalue weighted by molar-refractivity contribution is 5.79. The highest BCUT2D eigenvalue weighted by Gasteiger charge is 2.31. The summed E-state index contributed by atoms with van der Waals surface area (Å²) in [5.74, 6) is -0.358. The number of halogens is 4. The first-order valence-electron chi connectivity index (χ1n) is 10.9. The van der Waals surface area contributed by atoms with Crippen LogP contribution in [0.15, 0.2) is 45.7 Å². The molecule has 0 saturated carbocycles. The molecule has 1 aliphatic heterocycles. The lowest BCUT2D eigenvalue weighted by Gasteiger charge is -2.32. The third kappa shape index (κ3) is 4.27. The van der Waals surface area contributed by atoms with Crippen molar-refractivity contribution in [2.75, 3.05) is 19.6 Å². The summed E-state index contributed by atoms with van der Waals surface area (Å²) >= 11 is 0. The number of benzene rings is 2. The Morgan fingerprint density at radius 2 is 1.91 bits per heavy atom. The van der Waals surface area contributed by atoms with Crippen molar-refractivity contribution in [3.05, 3.63) is 64.0 Å². The van der Waals surface area contributed by atoms with E-state index in [2.05, 4.69) is 15.0 Å². The van der Waals surface area contributed by atoms with Crippen LogP contribution in [-0.4, -0.2) is 39.2 Å². The quantitative estimate of drug-likeness (QED) is 0.429. The molecule has 0 amide bonds. The fraction of sp³-hybridized carbons (Fsp3) is 0.391. The maximum atomic E-state index is 13.3. The molecule has 6 nitrogen and oxygen atoms in total. The van der Waals surface area contributed by atoms with Crippen LogP contribution in [0, 0.1) is 5.82 Å². The molecule has 33 heavy (non-hydrogen) atoms. The zero-order valence-electron chi connectivity index (χ0n) is 17.7. The molecule has 1 fully saturated rings. The second-order valence-corrected chi connectivity index (χ2v) is 8.48. The van der Waals surface area contributed by atoms with Gasteiger partial charge in [0, 0.05) is 30.6 Å². The normalized spacial score (nSPS) is 16.2. The van der Waals surface area contributed by atoms with Gasteiger partial charge in [0.05, 0.1) is 22.3 Å². The molecule has 0 aliphatic carbocycles. The van der Waals surface area contributed by atoms with Crippen LogP contribution in [0.2, 0.25) is 0 Å². The average molecular weight is 462 g/mol. The second-order valence-electron chi connectivity index (χ2n) is 8.48. The first kappa shape index (κ1) is 21.7. The Morgan fingerprint density at radius 3 is 2.67 bits per heavy atom. The van der Waals surface area contributed by atoms with E-state index >= 15 is 0 Å². The van der Waals surface area contributed by atoms with Gasteiger partial charge in [-0.3, -0.25) is 4.57 Å². The van der Waals surface area contributed by atoms with Crippen LogP contribution < -0.4 is 5.69 Å². The van der Waals surface area contributed by atoms with Crippen LogP contribution in [0.4, 0.5) is 17.6 Å². The fourth-order valence-electron chi connectivity index (χ4n) is 4.69. The highest BCUT2D eigenvalue weighted by atomic mass is 19.4. The van der Waals surface area contributed by atoms with Crippen molar-refractivity contribution in [1.29, 1.82) is 0 Å². The summed E-state index contributed by atoms with van der Waals surface area (Å²) < 4.78 is 59.0. The molecule has 2 aromatic heterocycles. The van der Waals surface area contributed by atoms with Gasteiger partial charge in [0.1, 0.15) is 5.82 Å². The van der Waals surface area contributed by atoms with Crippen LogP contribution >= 0.6 is 0 Å². The standard InChI is InChI=1S/C23H22F4N4O2/c24-15-4-5-17-18(29-33-21(17)13-15)2-1-9-30-10-7-16(8-11-30)31-20-6-3-14(23(25,26)27)12-19(20)28-22(31)32/h3-6,12-13,16H,1-2,7-11H2,(H,28,32). The molecule has 1 saturated heterocycles. The largest absolute Gasteiger partial charge is 0.416 e. The topological polar surface area (TPSA) is 67.1 Å². The Labute approximate surface area is 185 Å². The number of nitrogens with zero attached hydrogens (tertiary/aromatic N) is 3. The van der Waals surface area contributed by atoms with E-state index < -0.39 is 11.7 Å². The molecule has 0 spiro atoms. The van der Waals surface area contributed by atoms with E-state index in [9.17, 15) is 22.4 Å². The Hall–Kier alpha value is -3.14. The Kier molecular flexibility index (Phi) is 5.48. The molecular formula is C23H22F4N4O2. The minimum absolute atomic E-state index is 0.0615. The Morgan fingerprint density at radius 1 is 1.12 bits per heavy atom. The van der Waals surface area contributed by atoms with Crippen LogP contribution in [-0.2, 0) is 12.6 Å². The summed E-state index contributed by atoms with van der Waals surface area (Å²) in [5, 5.41) is 4.87. The van der Waals surface area contributed by atoms with Crippen molar-refractivity contribution >= 4 is 22.0 Å². The zero-order chi connectivity index (χ0) is 23.2. The first-order chi connectivity index (χ1) is 15.8. The van der Waals surface area contributed by atoms with E-state index in [1.807, 2.05) is 0 Å². The van der Waals surface area contributed by atoms with Gasteiger partial charge in [0.25, 0.3) is 0 Å². The number of hydrogen-bond donors (Lipinski definition) is 1. The lowest BCUT2D eigenvalue weighted by Crippen LogP contribution is -2.37. The van der Waals surface area contributed by atoms with Gasteiger partial charge in [0.15, 0.2) is 5.58 Å². The Bertz CT molecular complexity index is 1350. The lowest BCUT2D eigenvalue weighted by atomic mass is 10.0. The van der Waals surface area contributed by atoms with Gasteiger partial charge in [-0.05, 0) is 62.6 Å². The van der Waals surface area contributed by atoms with E-state index in [0.717, 1.165) is 62.1 Å². The molecule has 1 aliphatic rings. The molecule has 10 heteroatoms. The van der Waals surface area contributed by atoms with Crippen LogP contribution in [0.1, 0.15) is 36.6 Å². The highest BCUT2D eigenvalue weighted by Crippen LogP contribution is 2.32. The minimum atomic E-state index is -4.45. The van der Waals surface area contributed by atoms with E-state index in [4.69, 9.17) is 4.52 Å². The number of likely N-dealkylation sites (tertiary alicyclic amines) is 1. The van der Waals surface area contributed by atoms with Crippen molar-refractivity contribution in [2.24, 2.45) is 0 Å². The van der Waals surface area contributed by atoms with Gasteiger partial charge in [-0.1, -0.05) is 5.16 Å². The van der Waals surface area contributed by atoms with Crippen LogP contribution in [0.25, 0.3) is 22.0 Å². The molecule has 4 aromatic rings. The van der Waals surface area contributed by atoms with Crippen LogP contribution in [0.3, 0.4) is 0 Å². The summed E-state index contributed by atoms with van der Waals surface area (Å²) in [4.78, 5) is 17.4. The first-order valence-corrected chi connectivity index (χ1v) is 10.9. The number of alkyl halides is 3. The van der Waals surface area contributed by atoms with E-state index in [0.29, 0.717) is 17.5 Å². The van der Waals surface area contributed by atoms with Gasteiger partial charge in [-0.25, -0.2) is 9.18 Å². The van der Waals surface area contributed by atoms with Crippen molar-refractivity contribution in [3.63, 3.8) is 0 Å². The number of piperidine rings is 1. The van der Waals surface area contributed by atoms with Crippen molar-refractivity contribution < 1.29 is 22.1 Å². The van der Waals surface area contributed by atoms with Gasteiger partial charge in [-0.2, -0.15) is 13.2 Å². The maximum Gasteiger partial charge on any atom is 0.416 e. The van der Waals surface area contributed by atoms with E-state index in [1.54, 1.807) is 10.6 Å². The van der Waals surface area contributed by atoms with Crippen molar-refractivity contribution in [2.45, 2.75) is 37.9 Å². The maximum absolute atomic E-state index is 13.3. The molecule has 0 unspecified atom stereocenters. The lowest BCUT2D eigenvalue weighted by molar-refractivity contribution is -0.137. The SMILES string of the molecule is O=c1[nH]c2cc(C(F)(F)F)ccc2n1C1CCN(CCCc2noc3cc(F)ccc23)CC1. The third-order valence-corrected chi connectivity index (χ3v) is 6.36. The molecule has 5 rings (SSSR count). The van der Waals surface area contributed by atoms with E-state index in [-0.39, 0.29) is 23.1 Å².